The average molecular weight is 354 g/mol. The quantitative estimate of drug-likeness (QED) is 0.647. The minimum atomic E-state index is -0.676. The van der Waals surface area contributed by atoms with Crippen LogP contribution in [0.2, 0.25) is 5.15 Å². The molecule has 130 valence electrons. The van der Waals surface area contributed by atoms with Crippen molar-refractivity contribution in [1.82, 2.24) is 9.88 Å². The fourth-order valence-electron chi connectivity index (χ4n) is 2.74. The van der Waals surface area contributed by atoms with E-state index in [0.29, 0.717) is 37.2 Å². The minimum Gasteiger partial charge on any atom is -0.452 e. The summed E-state index contributed by atoms with van der Waals surface area (Å²) in [5.41, 5.74) is 6.77. The molecule has 1 aromatic heterocycles. The van der Waals surface area contributed by atoms with Crippen molar-refractivity contribution in [2.45, 2.75) is 26.7 Å². The van der Waals surface area contributed by atoms with Gasteiger partial charge in [0.05, 0.1) is 5.56 Å². The first-order chi connectivity index (χ1) is 11.3. The Morgan fingerprint density at radius 3 is 2.50 bits per heavy atom. The summed E-state index contributed by atoms with van der Waals surface area (Å²) in [7, 11) is 0. The summed E-state index contributed by atoms with van der Waals surface area (Å²) in [4.78, 5) is 41.0. The van der Waals surface area contributed by atoms with Crippen molar-refractivity contribution >= 4 is 29.4 Å². The molecule has 0 saturated carbocycles. The third-order valence-electron chi connectivity index (χ3n) is 4.08. The first kappa shape index (κ1) is 18.2. The van der Waals surface area contributed by atoms with Crippen molar-refractivity contribution in [1.29, 1.82) is 0 Å². The number of piperidine rings is 1. The van der Waals surface area contributed by atoms with Crippen LogP contribution in [0.15, 0.2) is 6.07 Å². The summed E-state index contributed by atoms with van der Waals surface area (Å²) in [6.45, 7) is 3.98. The number of hydrogen-bond acceptors (Lipinski definition) is 5. The highest BCUT2D eigenvalue weighted by atomic mass is 35.5. The van der Waals surface area contributed by atoms with Gasteiger partial charge in [0.25, 0.3) is 5.91 Å². The summed E-state index contributed by atoms with van der Waals surface area (Å²) in [6.07, 6.45) is 1.06. The van der Waals surface area contributed by atoms with Crippen LogP contribution in [-0.4, -0.2) is 47.4 Å². The lowest BCUT2D eigenvalue weighted by Crippen LogP contribution is -2.43. The number of ether oxygens (including phenoxy) is 1. The second-order valence-corrected chi connectivity index (χ2v) is 6.24. The zero-order chi connectivity index (χ0) is 17.9. The maximum atomic E-state index is 12.1. The third kappa shape index (κ3) is 4.23. The molecule has 2 amide bonds. The molecule has 2 heterocycles. The number of nitrogens with zero attached hydrogens (tertiary/aromatic N) is 2. The number of rotatable bonds is 4. The molecular weight excluding hydrogens is 334 g/mol. The molecule has 2 N–H and O–H groups in total. The maximum absolute atomic E-state index is 12.1. The first-order valence-electron chi connectivity index (χ1n) is 7.67. The van der Waals surface area contributed by atoms with E-state index in [-0.39, 0.29) is 35.1 Å². The molecule has 0 bridgehead atoms. The predicted molar refractivity (Wildman–Crippen MR) is 87.5 cm³/mol. The van der Waals surface area contributed by atoms with E-state index in [2.05, 4.69) is 4.98 Å². The normalized spacial score (nSPS) is 15.2. The van der Waals surface area contributed by atoms with Crippen molar-refractivity contribution < 1.29 is 19.1 Å². The summed E-state index contributed by atoms with van der Waals surface area (Å²) >= 11 is 5.99. The molecule has 1 aliphatic rings. The molecule has 0 radical (unpaired) electrons. The smallest absolute Gasteiger partial charge is 0.342 e. The van der Waals surface area contributed by atoms with Gasteiger partial charge in [0.2, 0.25) is 5.91 Å². The van der Waals surface area contributed by atoms with Gasteiger partial charge in [-0.05, 0) is 38.3 Å². The van der Waals surface area contributed by atoms with E-state index in [0.717, 1.165) is 0 Å². The largest absolute Gasteiger partial charge is 0.452 e. The zero-order valence-electron chi connectivity index (χ0n) is 13.7. The lowest BCUT2D eigenvalue weighted by atomic mass is 9.96. The second kappa shape index (κ2) is 7.61. The molecule has 24 heavy (non-hydrogen) atoms. The van der Waals surface area contributed by atoms with E-state index in [1.807, 2.05) is 0 Å². The molecule has 1 saturated heterocycles. The maximum Gasteiger partial charge on any atom is 0.342 e. The predicted octanol–water partition coefficient (Wildman–Crippen LogP) is 1.23. The van der Waals surface area contributed by atoms with Crippen LogP contribution in [0.4, 0.5) is 0 Å². The molecule has 2 rings (SSSR count). The molecule has 0 spiro atoms. The van der Waals surface area contributed by atoms with E-state index in [9.17, 15) is 14.4 Å². The van der Waals surface area contributed by atoms with Gasteiger partial charge in [-0.15, -0.1) is 0 Å². The Labute approximate surface area is 145 Å². The van der Waals surface area contributed by atoms with E-state index in [1.165, 1.54) is 0 Å². The van der Waals surface area contributed by atoms with E-state index >= 15 is 0 Å². The molecule has 0 atom stereocenters. The number of esters is 1. The molecule has 0 aliphatic carbocycles. The van der Waals surface area contributed by atoms with E-state index < -0.39 is 5.97 Å². The van der Waals surface area contributed by atoms with Gasteiger partial charge in [0.15, 0.2) is 6.61 Å². The van der Waals surface area contributed by atoms with E-state index in [1.54, 1.807) is 24.8 Å². The summed E-state index contributed by atoms with van der Waals surface area (Å²) in [6, 6.07) is 1.72. The Balaban J connectivity index is 1.91. The third-order valence-corrected chi connectivity index (χ3v) is 4.35. The van der Waals surface area contributed by atoms with Crippen molar-refractivity contribution in [3.8, 4) is 0 Å². The molecule has 1 aliphatic heterocycles. The van der Waals surface area contributed by atoms with Gasteiger partial charge < -0.3 is 15.4 Å². The fourth-order valence-corrected chi connectivity index (χ4v) is 3.10. The van der Waals surface area contributed by atoms with Crippen LogP contribution in [0, 0.1) is 19.8 Å². The number of aromatic nitrogens is 1. The average Bonchev–Trinajstić information content (AvgIpc) is 2.51. The lowest BCUT2D eigenvalue weighted by molar-refractivity contribution is -0.137. The Bertz CT molecular complexity index is 646. The summed E-state index contributed by atoms with van der Waals surface area (Å²) in [5.74, 6) is -1.52. The highest BCUT2D eigenvalue weighted by molar-refractivity contribution is 6.32. The van der Waals surface area contributed by atoms with Crippen LogP contribution >= 0.6 is 11.6 Å². The van der Waals surface area contributed by atoms with Crippen LogP contribution in [0.25, 0.3) is 0 Å². The highest BCUT2D eigenvalue weighted by Crippen LogP contribution is 2.20. The number of pyridine rings is 1. The topological polar surface area (TPSA) is 103 Å². The number of primary amides is 1. The van der Waals surface area contributed by atoms with Gasteiger partial charge in [0, 0.05) is 24.7 Å². The lowest BCUT2D eigenvalue weighted by Gasteiger charge is -2.30. The fraction of sp³-hybridized carbons (Fsp3) is 0.500. The van der Waals surface area contributed by atoms with Crippen molar-refractivity contribution in [3.63, 3.8) is 0 Å². The summed E-state index contributed by atoms with van der Waals surface area (Å²) < 4.78 is 5.07. The van der Waals surface area contributed by atoms with Crippen molar-refractivity contribution in [2.75, 3.05) is 19.7 Å². The number of likely N-dealkylation sites (tertiary alicyclic amines) is 1. The molecule has 1 aromatic rings. The number of amides is 2. The minimum absolute atomic E-state index is 0.0622. The molecule has 0 unspecified atom stereocenters. The van der Waals surface area contributed by atoms with Crippen LogP contribution in [0.3, 0.4) is 0 Å². The van der Waals surface area contributed by atoms with Crippen LogP contribution in [-0.2, 0) is 14.3 Å². The summed E-state index contributed by atoms with van der Waals surface area (Å²) in [5, 5.41) is 0.0622. The second-order valence-electron chi connectivity index (χ2n) is 5.88. The number of carbonyl (C=O) groups excluding carboxylic acids is 3. The monoisotopic (exact) mass is 353 g/mol. The van der Waals surface area contributed by atoms with E-state index in [4.69, 9.17) is 22.1 Å². The van der Waals surface area contributed by atoms with Gasteiger partial charge in [-0.1, -0.05) is 11.6 Å². The van der Waals surface area contributed by atoms with Crippen LogP contribution < -0.4 is 5.73 Å². The Morgan fingerprint density at radius 1 is 1.33 bits per heavy atom. The number of aryl methyl sites for hydroxylation is 2. The Hall–Kier alpha value is -2.15. The molecule has 1 fully saturated rings. The number of carbonyl (C=O) groups is 3. The molecular formula is C16H20ClN3O4. The zero-order valence-corrected chi connectivity index (χ0v) is 14.4. The van der Waals surface area contributed by atoms with Crippen LogP contribution in [0.5, 0.6) is 0 Å². The van der Waals surface area contributed by atoms with Gasteiger partial charge in [-0.3, -0.25) is 9.59 Å². The molecule has 7 nitrogen and oxygen atoms in total. The van der Waals surface area contributed by atoms with Crippen molar-refractivity contribution in [2.24, 2.45) is 11.7 Å². The van der Waals surface area contributed by atoms with Gasteiger partial charge in [-0.2, -0.15) is 0 Å². The standard InChI is InChI=1S/C16H20ClN3O4/c1-9-7-10(2)19-14(17)13(9)16(23)24-8-12(21)20-5-3-11(4-6-20)15(18)22/h7,11H,3-6,8H2,1-2H3,(H2,18,22). The van der Waals surface area contributed by atoms with Gasteiger partial charge in [0.1, 0.15) is 5.15 Å². The number of nitrogens with two attached hydrogens (primary N) is 1. The highest BCUT2D eigenvalue weighted by Gasteiger charge is 2.27. The number of halogens is 1. The van der Waals surface area contributed by atoms with Crippen LogP contribution in [0.1, 0.15) is 34.5 Å². The van der Waals surface area contributed by atoms with Gasteiger partial charge in [-0.25, -0.2) is 9.78 Å². The molecule has 8 heteroatoms. The Morgan fingerprint density at radius 2 is 1.96 bits per heavy atom. The van der Waals surface area contributed by atoms with Crippen molar-refractivity contribution in [3.05, 3.63) is 28.0 Å². The number of hydrogen-bond donors (Lipinski definition) is 1. The van der Waals surface area contributed by atoms with Gasteiger partial charge >= 0.3 is 5.97 Å². The first-order valence-corrected chi connectivity index (χ1v) is 8.05. The Kier molecular flexibility index (Phi) is 5.77. The molecule has 0 aromatic carbocycles. The SMILES string of the molecule is Cc1cc(C)c(C(=O)OCC(=O)N2CCC(C(N)=O)CC2)c(Cl)n1.